The number of amides is 16. The number of H-pyrrole nitrogens is 1. The topological polar surface area (TPSA) is 711 Å². The Bertz CT molecular complexity index is 4110. The number of nitrogens with two attached hydrogens (primary N) is 6. The van der Waals surface area contributed by atoms with Crippen molar-refractivity contribution in [3.8, 4) is 0 Å². The number of guanidine groups is 1. The number of aliphatic hydroxyl groups is 1. The van der Waals surface area contributed by atoms with Gasteiger partial charge in [0.1, 0.15) is 90.6 Å². The molecule has 0 bridgehead atoms. The van der Waals surface area contributed by atoms with Gasteiger partial charge in [-0.05, 0) is 139 Å². The SMILES string of the molecule is CC[C@H](C)[C@H](NC(=O)[C@H](Cc1ccccc1)NC(=O)[C@@H](NC(=O)[C@H](C)NC(=O)[C@H](CCSC)NC(=O)[C@H](CCC(N)=O)NC(=O)[C@@H](NC(=O)[C@H](C)NC(=O)[C@@H](N)[C@@H](C)O)C(C)C)C(C)C)C(=O)N[C@@H](Cc1cnc[nH]1)C(=O)N[C@@H](CC(N)=O)C(=O)N(C)[C@@H](Cc1ccccc1)C(=O)N[C@@H](CCCCN)C(=O)N[C@@H](CCCNC(=N)N)C(=O)N[C@@H](CCCCN)C(=O)O. The summed E-state index contributed by atoms with van der Waals surface area (Å²) in [7, 11) is 1.21. The van der Waals surface area contributed by atoms with Gasteiger partial charge in [0.2, 0.25) is 94.5 Å². The van der Waals surface area contributed by atoms with Crippen LogP contribution in [0.5, 0.6) is 0 Å². The number of hydrogen-bond donors (Lipinski definition) is 24. The molecule has 17 atom stereocenters. The van der Waals surface area contributed by atoms with Crippen molar-refractivity contribution in [2.75, 3.05) is 38.7 Å². The van der Waals surface area contributed by atoms with Crippen LogP contribution in [0.4, 0.5) is 0 Å². The average Bonchev–Trinajstić information content (AvgIpc) is 1.26. The van der Waals surface area contributed by atoms with E-state index in [0.717, 1.165) is 4.90 Å². The van der Waals surface area contributed by atoms with Gasteiger partial charge in [0.05, 0.1) is 18.9 Å². The number of carbonyl (C=O) groups excluding carboxylic acids is 16. The zero-order chi connectivity index (χ0) is 95.3. The fourth-order valence-electron chi connectivity index (χ4n) is 13.0. The maximum Gasteiger partial charge on any atom is 0.326 e. The van der Waals surface area contributed by atoms with Gasteiger partial charge in [0.15, 0.2) is 5.96 Å². The Hall–Kier alpha value is -11.9. The van der Waals surface area contributed by atoms with E-state index >= 15 is 24.0 Å². The van der Waals surface area contributed by atoms with E-state index in [1.165, 1.54) is 52.1 Å². The quantitative estimate of drug-likeness (QED) is 0.0143. The maximum atomic E-state index is 15.2. The summed E-state index contributed by atoms with van der Waals surface area (Å²) in [6.07, 6.45) is 2.27. The number of benzene rings is 2. The Kier molecular flexibility index (Phi) is 49.0. The third-order valence-corrected chi connectivity index (χ3v) is 21.5. The zero-order valence-electron chi connectivity index (χ0n) is 74.1. The lowest BCUT2D eigenvalue weighted by Gasteiger charge is -2.33. The van der Waals surface area contributed by atoms with E-state index in [0.29, 0.717) is 30.4 Å². The molecular weight excluding hydrogens is 1670 g/mol. The monoisotopic (exact) mass is 1800 g/mol. The van der Waals surface area contributed by atoms with Crippen molar-refractivity contribution in [2.24, 2.45) is 52.2 Å². The summed E-state index contributed by atoms with van der Waals surface area (Å²) < 4.78 is 0. The number of nitrogens with one attached hydrogen (secondary N) is 16. The standard InChI is InChI=1S/C83H134N24O19S/c1-12-46(6)67(106-75(118)58(38-50-24-15-13-16-25-50)101-79(122)66(45(4)5)105-68(111)47(7)94-70(113)56(33-37-127-11)97-73(116)55(31-32-62(86)109)99-78(121)65(44(2)3)104-69(112)48(8)95-77(120)64(88)49(9)108)80(123)102-59(40-52-42-91-43-93-52)74(117)103-60(41-63(87)110)81(124)107(10)61(39-51-26-17-14-18-27-51)76(119)98-53(28-19-21-34-84)71(114)96-54(30-23-36-92-83(89)90)72(115)100-57(82(125)126)29-20-22-35-85/h13-18,24-27,42-49,53-61,64-67,108H,12,19-23,28-41,84-85,88H2,1-11H3,(H2,86,109)(H2,87,110)(H,91,93)(H,94,113)(H,95,120)(H,96,114)(H,97,116)(H,98,119)(H,99,121)(H,100,115)(H,101,122)(H,102,123)(H,103,117)(H,104,112)(H,105,111)(H,106,118)(H,125,126)(H4,89,90,92)/t46-,47-,48-,49+,53-,54-,55-,56-,57-,58-,59-,60-,61-,64-,65-,66-,67-/m0/s1. The van der Waals surface area contributed by atoms with Gasteiger partial charge in [-0.1, -0.05) is 109 Å². The molecule has 16 amide bonds. The molecule has 44 heteroatoms. The first-order chi connectivity index (χ1) is 60.0. The van der Waals surface area contributed by atoms with Crippen molar-refractivity contribution in [1.29, 1.82) is 5.41 Å². The molecule has 43 nitrogen and oxygen atoms in total. The summed E-state index contributed by atoms with van der Waals surface area (Å²) in [6.45, 7) is 14.1. The van der Waals surface area contributed by atoms with E-state index in [-0.39, 0.29) is 108 Å². The molecular formula is C83H134N24O19S. The fraction of sp³-hybridized carbons (Fsp3) is 0.602. The number of thioether (sulfide) groups is 1. The normalized spacial score (nSPS) is 15.2. The van der Waals surface area contributed by atoms with Gasteiger partial charge in [0, 0.05) is 51.2 Å². The van der Waals surface area contributed by atoms with Gasteiger partial charge in [-0.2, -0.15) is 11.8 Å². The minimum Gasteiger partial charge on any atom is -0.480 e. The summed E-state index contributed by atoms with van der Waals surface area (Å²) in [5.41, 5.74) is 35.2. The molecule has 0 aliphatic heterocycles. The predicted molar refractivity (Wildman–Crippen MR) is 472 cm³/mol. The van der Waals surface area contributed by atoms with Crippen molar-refractivity contribution in [1.82, 2.24) is 89.3 Å². The molecule has 1 aromatic heterocycles. The lowest BCUT2D eigenvalue weighted by molar-refractivity contribution is -0.144. The molecule has 0 radical (unpaired) electrons. The number of rotatable bonds is 60. The summed E-state index contributed by atoms with van der Waals surface area (Å²) in [5.74, 6) is -18.3. The average molecular weight is 1800 g/mol. The first-order valence-electron chi connectivity index (χ1n) is 42.5. The Morgan fingerprint density at radius 2 is 0.882 bits per heavy atom. The molecule has 3 aromatic rings. The number of carboxylic acids is 1. The summed E-state index contributed by atoms with van der Waals surface area (Å²) >= 11 is 1.30. The van der Waals surface area contributed by atoms with Crippen molar-refractivity contribution in [2.45, 2.75) is 262 Å². The van der Waals surface area contributed by atoms with Gasteiger partial charge in [-0.25, -0.2) is 9.78 Å². The Balaban J connectivity index is 2.00. The molecule has 3 rings (SSSR count). The number of aliphatic hydroxyl groups excluding tert-OH is 1. The number of aromatic nitrogens is 2. The van der Waals surface area contributed by atoms with E-state index < -0.39 is 228 Å². The van der Waals surface area contributed by atoms with Crippen LogP contribution in [0.1, 0.15) is 163 Å². The molecule has 0 unspecified atom stereocenters. The summed E-state index contributed by atoms with van der Waals surface area (Å²) in [4.78, 5) is 246. The fourth-order valence-corrected chi connectivity index (χ4v) is 13.5. The second-order valence-corrected chi connectivity index (χ2v) is 33.0. The number of unbranched alkanes of at least 4 members (excludes halogenated alkanes) is 2. The molecule has 0 spiro atoms. The third kappa shape index (κ3) is 39.3. The third-order valence-electron chi connectivity index (χ3n) is 20.9. The van der Waals surface area contributed by atoms with Gasteiger partial charge in [-0.15, -0.1) is 0 Å². The van der Waals surface area contributed by atoms with Gasteiger partial charge < -0.3 is 129 Å². The highest BCUT2D eigenvalue weighted by Gasteiger charge is 2.41. The molecule has 0 saturated heterocycles. The predicted octanol–water partition coefficient (Wildman–Crippen LogP) is -4.83. The lowest BCUT2D eigenvalue weighted by Crippen LogP contribution is -2.62. The van der Waals surface area contributed by atoms with Crippen LogP contribution in [0, 0.1) is 23.2 Å². The Labute approximate surface area is 743 Å². The molecule has 0 aliphatic carbocycles. The maximum absolute atomic E-state index is 15.2. The second-order valence-electron chi connectivity index (χ2n) is 32.0. The van der Waals surface area contributed by atoms with Crippen LogP contribution in [0.2, 0.25) is 0 Å². The highest BCUT2D eigenvalue weighted by Crippen LogP contribution is 2.18. The molecule has 2 aromatic carbocycles. The zero-order valence-corrected chi connectivity index (χ0v) is 75.0. The van der Waals surface area contributed by atoms with Crippen LogP contribution < -0.4 is 109 Å². The first-order valence-corrected chi connectivity index (χ1v) is 43.8. The number of primary amides is 2. The van der Waals surface area contributed by atoms with Gasteiger partial charge in [0.25, 0.3) is 0 Å². The van der Waals surface area contributed by atoms with Crippen molar-refractivity contribution in [3.05, 3.63) is 90.0 Å². The van der Waals surface area contributed by atoms with E-state index in [2.05, 4.69) is 84.4 Å². The molecule has 0 fully saturated rings. The summed E-state index contributed by atoms with van der Waals surface area (Å²) in [6, 6.07) is -5.22. The molecule has 0 saturated carbocycles. The first kappa shape index (κ1) is 109. The second kappa shape index (κ2) is 56.9. The molecule has 30 N–H and O–H groups in total. The van der Waals surface area contributed by atoms with E-state index in [1.54, 1.807) is 108 Å². The highest BCUT2D eigenvalue weighted by molar-refractivity contribution is 7.98. The Morgan fingerprint density at radius 1 is 0.472 bits per heavy atom. The number of likely N-dealkylation sites (N-methyl/N-ethyl adjacent to an activating group) is 1. The lowest BCUT2D eigenvalue weighted by atomic mass is 9.96. The molecule has 127 heavy (non-hydrogen) atoms. The number of carbonyl (C=O) groups is 17. The molecule has 706 valence electrons. The molecule has 0 aliphatic rings. The van der Waals surface area contributed by atoms with E-state index in [9.17, 15) is 67.7 Å². The van der Waals surface area contributed by atoms with Crippen LogP contribution >= 0.6 is 11.8 Å². The number of imidazole rings is 1. The number of hydrogen-bond acceptors (Lipinski definition) is 24. The van der Waals surface area contributed by atoms with Crippen molar-refractivity contribution < 1.29 is 91.7 Å². The number of aliphatic carboxylic acids is 1. The van der Waals surface area contributed by atoms with Gasteiger partial charge >= 0.3 is 5.97 Å². The van der Waals surface area contributed by atoms with Crippen LogP contribution in [-0.4, -0.2) is 267 Å². The van der Waals surface area contributed by atoms with Crippen LogP contribution in [0.3, 0.4) is 0 Å². The van der Waals surface area contributed by atoms with Crippen molar-refractivity contribution in [3.63, 3.8) is 0 Å². The van der Waals surface area contributed by atoms with Crippen LogP contribution in [0.25, 0.3) is 0 Å². The van der Waals surface area contributed by atoms with Gasteiger partial charge in [-0.3, -0.25) is 82.1 Å². The number of carboxylic acid groups (broad SMARTS) is 1. The Morgan fingerprint density at radius 3 is 1.34 bits per heavy atom. The summed E-state index contributed by atoms with van der Waals surface area (Å²) in [5, 5.41) is 63.8. The largest absolute Gasteiger partial charge is 0.480 e. The van der Waals surface area contributed by atoms with Crippen molar-refractivity contribution >= 4 is 118 Å². The number of nitrogens with zero attached hydrogens (tertiary/aromatic N) is 2. The van der Waals surface area contributed by atoms with E-state index in [4.69, 9.17) is 39.8 Å². The van der Waals surface area contributed by atoms with Crippen LogP contribution in [-0.2, 0) is 101 Å². The minimum atomic E-state index is -1.87. The number of aromatic amines is 1. The molecule has 1 heterocycles. The highest BCUT2D eigenvalue weighted by atomic mass is 32.2. The van der Waals surface area contributed by atoms with Crippen LogP contribution in [0.15, 0.2) is 73.2 Å². The van der Waals surface area contributed by atoms with E-state index in [1.807, 2.05) is 0 Å². The minimum absolute atomic E-state index is 0.0160. The smallest absolute Gasteiger partial charge is 0.326 e.